The van der Waals surface area contributed by atoms with Gasteiger partial charge in [0.15, 0.2) is 0 Å². The number of allylic oxidation sites excluding steroid dienone is 2. The van der Waals surface area contributed by atoms with Crippen molar-refractivity contribution in [1.29, 1.82) is 0 Å². The van der Waals surface area contributed by atoms with E-state index in [0.29, 0.717) is 13.1 Å². The van der Waals surface area contributed by atoms with Gasteiger partial charge in [-0.05, 0) is 62.1 Å². The minimum atomic E-state index is -3.72. The van der Waals surface area contributed by atoms with Crippen LogP contribution in [0.1, 0.15) is 38.4 Å². The first-order valence-electron chi connectivity index (χ1n) is 10.5. The van der Waals surface area contributed by atoms with E-state index < -0.39 is 15.6 Å². The Labute approximate surface area is 188 Å². The lowest BCUT2D eigenvalue weighted by Gasteiger charge is -2.30. The highest BCUT2D eigenvalue weighted by atomic mass is 32.2. The number of hydrogen-bond donors (Lipinski definition) is 1. The lowest BCUT2D eigenvalue weighted by Crippen LogP contribution is -2.39. The third-order valence-corrected chi connectivity index (χ3v) is 6.41. The predicted octanol–water partition coefficient (Wildman–Crippen LogP) is 3.90. The summed E-state index contributed by atoms with van der Waals surface area (Å²) >= 11 is 0. The van der Waals surface area contributed by atoms with Crippen molar-refractivity contribution in [3.05, 3.63) is 65.5 Å². The molecule has 0 fully saturated rings. The number of amides is 1. The number of carbonyl (C=O) groups excluding carboxylic acids is 1. The number of hydrogen-bond acceptors (Lipinski definition) is 5. The number of sulfonamides is 1. The van der Waals surface area contributed by atoms with E-state index in [1.807, 2.05) is 20.8 Å². The molecule has 2 N–H and O–H groups in total. The van der Waals surface area contributed by atoms with E-state index in [2.05, 4.69) is 23.2 Å². The summed E-state index contributed by atoms with van der Waals surface area (Å²) in [4.78, 5) is 18.8. The summed E-state index contributed by atoms with van der Waals surface area (Å²) in [5.74, 6) is 0. The molecule has 7 nitrogen and oxygen atoms in total. The molecular formula is C24H27N3O4S. The Morgan fingerprint density at radius 3 is 2.44 bits per heavy atom. The molecule has 2 aromatic rings. The van der Waals surface area contributed by atoms with Gasteiger partial charge in [0.2, 0.25) is 10.0 Å². The van der Waals surface area contributed by atoms with Gasteiger partial charge in [0.05, 0.1) is 10.6 Å². The third-order valence-electron chi connectivity index (χ3n) is 5.48. The topological polar surface area (TPSA) is 103 Å². The SMILES string of the molecule is CC(C)(C)OC(=O)N1CC=C(C2=CCc3ncc(-c4ccc(S(N)(=O)=O)cc4)cc32)CC1. The van der Waals surface area contributed by atoms with Gasteiger partial charge in [0, 0.05) is 36.8 Å². The normalized spacial score (nSPS) is 16.3. The van der Waals surface area contributed by atoms with Crippen LogP contribution in [0.25, 0.3) is 16.7 Å². The number of fused-ring (bicyclic) bond motifs is 1. The Kier molecular flexibility index (Phi) is 5.68. The highest BCUT2D eigenvalue weighted by Gasteiger charge is 2.26. The van der Waals surface area contributed by atoms with Crippen LogP contribution in [0.3, 0.4) is 0 Å². The fourth-order valence-electron chi connectivity index (χ4n) is 3.90. The highest BCUT2D eigenvalue weighted by molar-refractivity contribution is 7.89. The van der Waals surface area contributed by atoms with Crippen molar-refractivity contribution in [2.45, 2.75) is 44.1 Å². The molecule has 2 heterocycles. The zero-order chi connectivity index (χ0) is 23.1. The fraction of sp³-hybridized carbons (Fsp3) is 0.333. The maximum absolute atomic E-state index is 12.3. The first-order valence-corrected chi connectivity index (χ1v) is 12.1. The molecule has 4 rings (SSSR count). The zero-order valence-corrected chi connectivity index (χ0v) is 19.3. The van der Waals surface area contributed by atoms with Gasteiger partial charge in [-0.1, -0.05) is 24.3 Å². The van der Waals surface area contributed by atoms with Crippen molar-refractivity contribution in [2.75, 3.05) is 13.1 Å². The van der Waals surface area contributed by atoms with Crippen molar-refractivity contribution in [2.24, 2.45) is 5.14 Å². The second-order valence-corrected chi connectivity index (χ2v) is 10.6. The summed E-state index contributed by atoms with van der Waals surface area (Å²) in [6.45, 7) is 6.71. The molecule has 0 spiro atoms. The van der Waals surface area contributed by atoms with Crippen LogP contribution in [0, 0.1) is 0 Å². The molecule has 0 bridgehead atoms. The van der Waals surface area contributed by atoms with Gasteiger partial charge in [0.25, 0.3) is 0 Å². The largest absolute Gasteiger partial charge is 0.444 e. The van der Waals surface area contributed by atoms with Crippen LogP contribution in [0.2, 0.25) is 0 Å². The molecule has 32 heavy (non-hydrogen) atoms. The minimum absolute atomic E-state index is 0.0813. The van der Waals surface area contributed by atoms with Crippen LogP contribution in [-0.4, -0.2) is 43.1 Å². The van der Waals surface area contributed by atoms with Crippen LogP contribution < -0.4 is 5.14 Å². The number of pyridine rings is 1. The minimum Gasteiger partial charge on any atom is -0.444 e. The molecule has 1 amide bonds. The van der Waals surface area contributed by atoms with E-state index >= 15 is 0 Å². The average Bonchev–Trinajstić information content (AvgIpc) is 3.15. The highest BCUT2D eigenvalue weighted by Crippen LogP contribution is 2.36. The van der Waals surface area contributed by atoms with Crippen LogP contribution in [-0.2, 0) is 21.2 Å². The molecule has 1 aliphatic heterocycles. The van der Waals surface area contributed by atoms with Crippen molar-refractivity contribution >= 4 is 21.7 Å². The summed E-state index contributed by atoms with van der Waals surface area (Å²) in [5.41, 5.74) is 5.71. The Hall–Kier alpha value is -2.97. The number of rotatable bonds is 3. The number of aromatic nitrogens is 1. The molecule has 0 saturated heterocycles. The van der Waals surface area contributed by atoms with E-state index in [1.165, 1.54) is 17.7 Å². The third kappa shape index (κ3) is 4.76. The van der Waals surface area contributed by atoms with Crippen molar-refractivity contribution < 1.29 is 17.9 Å². The first kappa shape index (κ1) is 22.2. The van der Waals surface area contributed by atoms with Gasteiger partial charge in [-0.15, -0.1) is 0 Å². The first-order chi connectivity index (χ1) is 15.0. The van der Waals surface area contributed by atoms with Crippen molar-refractivity contribution in [3.63, 3.8) is 0 Å². The molecule has 1 aliphatic carbocycles. The lowest BCUT2D eigenvalue weighted by molar-refractivity contribution is 0.0267. The smallest absolute Gasteiger partial charge is 0.410 e. The van der Waals surface area contributed by atoms with Gasteiger partial charge < -0.3 is 9.64 Å². The molecule has 2 aliphatic rings. The lowest BCUT2D eigenvalue weighted by atomic mass is 9.94. The Balaban J connectivity index is 1.54. The van der Waals surface area contributed by atoms with Gasteiger partial charge in [0.1, 0.15) is 5.60 Å². The predicted molar refractivity (Wildman–Crippen MR) is 123 cm³/mol. The number of nitrogens with zero attached hydrogens (tertiary/aromatic N) is 2. The van der Waals surface area contributed by atoms with Crippen LogP contribution in [0.4, 0.5) is 4.79 Å². The zero-order valence-electron chi connectivity index (χ0n) is 18.5. The van der Waals surface area contributed by atoms with E-state index in [4.69, 9.17) is 9.88 Å². The molecule has 1 aromatic heterocycles. The Morgan fingerprint density at radius 2 is 1.84 bits per heavy atom. The van der Waals surface area contributed by atoms with E-state index in [-0.39, 0.29) is 11.0 Å². The van der Waals surface area contributed by atoms with E-state index in [1.54, 1.807) is 23.2 Å². The molecule has 0 saturated carbocycles. The van der Waals surface area contributed by atoms with Gasteiger partial charge in [-0.3, -0.25) is 4.98 Å². The molecule has 0 radical (unpaired) electrons. The van der Waals surface area contributed by atoms with Crippen LogP contribution in [0.5, 0.6) is 0 Å². The maximum Gasteiger partial charge on any atom is 0.410 e. The molecule has 8 heteroatoms. The van der Waals surface area contributed by atoms with E-state index in [0.717, 1.165) is 40.8 Å². The quantitative estimate of drug-likeness (QED) is 0.759. The maximum atomic E-state index is 12.3. The number of nitrogens with two attached hydrogens (primary N) is 1. The van der Waals surface area contributed by atoms with E-state index in [9.17, 15) is 13.2 Å². The Morgan fingerprint density at radius 1 is 1.12 bits per heavy atom. The second-order valence-electron chi connectivity index (χ2n) is 9.02. The summed E-state index contributed by atoms with van der Waals surface area (Å²) in [6.07, 6.45) is 7.30. The standard InChI is InChI=1S/C24H27N3O4S/c1-24(2,3)31-23(28)27-12-10-17(11-13-27)20-8-9-22-21(20)14-18(15-26-22)16-4-6-19(7-5-16)32(25,29)30/h4-8,10,14-15H,9,11-13H2,1-3H3,(H2,25,29,30). The van der Waals surface area contributed by atoms with Crippen molar-refractivity contribution in [1.82, 2.24) is 9.88 Å². The average molecular weight is 454 g/mol. The number of ether oxygens (including phenoxy) is 1. The van der Waals surface area contributed by atoms with Gasteiger partial charge in [-0.25, -0.2) is 18.4 Å². The van der Waals surface area contributed by atoms with Gasteiger partial charge >= 0.3 is 6.09 Å². The summed E-state index contributed by atoms with van der Waals surface area (Å²) in [6, 6.07) is 8.57. The molecule has 1 aromatic carbocycles. The van der Waals surface area contributed by atoms with Crippen molar-refractivity contribution in [3.8, 4) is 11.1 Å². The summed E-state index contributed by atoms with van der Waals surface area (Å²) < 4.78 is 28.5. The summed E-state index contributed by atoms with van der Waals surface area (Å²) in [7, 11) is -3.72. The van der Waals surface area contributed by atoms with Crippen LogP contribution >= 0.6 is 0 Å². The van der Waals surface area contributed by atoms with Gasteiger partial charge in [-0.2, -0.15) is 0 Å². The number of carbonyl (C=O) groups is 1. The summed E-state index contributed by atoms with van der Waals surface area (Å²) in [5, 5.41) is 5.19. The van der Waals surface area contributed by atoms with Crippen LogP contribution in [0.15, 0.2) is 59.1 Å². The Bertz CT molecular complexity index is 1220. The number of primary sulfonamides is 1. The monoisotopic (exact) mass is 453 g/mol. The molecule has 0 unspecified atom stereocenters. The fourth-order valence-corrected chi connectivity index (χ4v) is 4.42. The molecular weight excluding hydrogens is 426 g/mol. The second kappa shape index (κ2) is 8.18. The molecule has 0 atom stereocenters. The molecule has 168 valence electrons. The number of benzene rings is 1.